The van der Waals surface area contributed by atoms with Crippen LogP contribution in [0.15, 0.2) is 71.9 Å². The first-order chi connectivity index (χ1) is 15.5. The topological polar surface area (TPSA) is 123 Å². The van der Waals surface area contributed by atoms with Crippen molar-refractivity contribution in [3.63, 3.8) is 0 Å². The second-order valence-corrected chi connectivity index (χ2v) is 6.76. The molecule has 9 nitrogen and oxygen atoms in total. The SMILES string of the molecule is CCOC(=O)C1=C(COC(=O)CNC(=O)c2ccccc2)NC(=O)NC1c1ccccc1. The minimum absolute atomic E-state index is 0.115. The Balaban J connectivity index is 1.72. The number of carbonyl (C=O) groups is 4. The standard InChI is InChI=1S/C23H23N3O6/c1-2-31-22(29)19-17(25-23(30)26-20(19)15-9-5-3-6-10-15)14-32-18(27)13-24-21(28)16-11-7-4-8-12-16/h3-12,20H,2,13-14H2,1H3,(H,24,28)(H2,25,26,30). The number of esters is 2. The maximum Gasteiger partial charge on any atom is 0.338 e. The molecule has 1 aliphatic rings. The molecule has 0 fully saturated rings. The molecule has 1 atom stereocenters. The van der Waals surface area contributed by atoms with Crippen LogP contribution in [-0.4, -0.2) is 43.6 Å². The molecule has 0 saturated carbocycles. The number of urea groups is 1. The molecule has 0 aliphatic carbocycles. The number of hydrogen-bond acceptors (Lipinski definition) is 6. The summed E-state index contributed by atoms with van der Waals surface area (Å²) in [5.41, 5.74) is 1.33. The molecule has 2 aromatic rings. The lowest BCUT2D eigenvalue weighted by Gasteiger charge is -2.29. The maximum atomic E-state index is 12.6. The highest BCUT2D eigenvalue weighted by Crippen LogP contribution is 2.27. The van der Waals surface area contributed by atoms with E-state index in [-0.39, 0.29) is 31.0 Å². The summed E-state index contributed by atoms with van der Waals surface area (Å²) in [5.74, 6) is -1.79. The average Bonchev–Trinajstić information content (AvgIpc) is 2.82. The Kier molecular flexibility index (Phi) is 7.58. The summed E-state index contributed by atoms with van der Waals surface area (Å²) >= 11 is 0. The van der Waals surface area contributed by atoms with E-state index in [1.165, 1.54) is 0 Å². The van der Waals surface area contributed by atoms with E-state index in [1.54, 1.807) is 61.5 Å². The molecule has 32 heavy (non-hydrogen) atoms. The molecule has 1 heterocycles. The first-order valence-electron chi connectivity index (χ1n) is 10.0. The van der Waals surface area contributed by atoms with Crippen LogP contribution in [0.2, 0.25) is 0 Å². The van der Waals surface area contributed by atoms with E-state index in [1.807, 2.05) is 6.07 Å². The Morgan fingerprint density at radius 1 is 0.969 bits per heavy atom. The third-order valence-electron chi connectivity index (χ3n) is 4.59. The summed E-state index contributed by atoms with van der Waals surface area (Å²) in [6, 6.07) is 16.0. The third kappa shape index (κ3) is 5.72. The highest BCUT2D eigenvalue weighted by Gasteiger charge is 2.34. The van der Waals surface area contributed by atoms with Gasteiger partial charge in [0.15, 0.2) is 0 Å². The van der Waals surface area contributed by atoms with Crippen molar-refractivity contribution in [3.05, 3.63) is 83.1 Å². The van der Waals surface area contributed by atoms with Crippen LogP contribution in [0.5, 0.6) is 0 Å². The fraction of sp³-hybridized carbons (Fsp3) is 0.217. The molecule has 166 valence electrons. The van der Waals surface area contributed by atoms with Gasteiger partial charge in [-0.05, 0) is 24.6 Å². The van der Waals surface area contributed by atoms with E-state index in [2.05, 4.69) is 16.0 Å². The molecule has 0 spiro atoms. The van der Waals surface area contributed by atoms with E-state index in [4.69, 9.17) is 9.47 Å². The van der Waals surface area contributed by atoms with Gasteiger partial charge in [-0.1, -0.05) is 48.5 Å². The number of rotatable bonds is 8. The molecule has 2 aromatic carbocycles. The predicted octanol–water partition coefficient (Wildman–Crippen LogP) is 1.83. The Bertz CT molecular complexity index is 1020. The summed E-state index contributed by atoms with van der Waals surface area (Å²) in [6.45, 7) is 1.06. The molecule has 0 radical (unpaired) electrons. The fourth-order valence-corrected chi connectivity index (χ4v) is 3.12. The minimum Gasteiger partial charge on any atom is -0.463 e. The fourth-order valence-electron chi connectivity index (χ4n) is 3.12. The zero-order chi connectivity index (χ0) is 22.9. The van der Waals surface area contributed by atoms with Gasteiger partial charge in [0.1, 0.15) is 13.2 Å². The maximum absolute atomic E-state index is 12.6. The van der Waals surface area contributed by atoms with Gasteiger partial charge in [-0.3, -0.25) is 9.59 Å². The van der Waals surface area contributed by atoms with Crippen molar-refractivity contribution in [1.82, 2.24) is 16.0 Å². The van der Waals surface area contributed by atoms with Crippen LogP contribution in [0, 0.1) is 0 Å². The second kappa shape index (κ2) is 10.8. The monoisotopic (exact) mass is 437 g/mol. The largest absolute Gasteiger partial charge is 0.463 e. The molecule has 3 N–H and O–H groups in total. The minimum atomic E-state index is -0.768. The van der Waals surface area contributed by atoms with Crippen LogP contribution in [0.3, 0.4) is 0 Å². The molecule has 1 aliphatic heterocycles. The molecule has 3 rings (SSSR count). The van der Waals surface area contributed by atoms with Crippen LogP contribution in [0.25, 0.3) is 0 Å². The summed E-state index contributed by atoms with van der Waals surface area (Å²) in [6.07, 6.45) is 0. The van der Waals surface area contributed by atoms with Gasteiger partial charge in [-0.15, -0.1) is 0 Å². The van der Waals surface area contributed by atoms with E-state index in [0.29, 0.717) is 11.1 Å². The highest BCUT2D eigenvalue weighted by atomic mass is 16.5. The number of ether oxygens (including phenoxy) is 2. The lowest BCUT2D eigenvalue weighted by molar-refractivity contribution is -0.142. The van der Waals surface area contributed by atoms with Gasteiger partial charge in [-0.2, -0.15) is 0 Å². The van der Waals surface area contributed by atoms with Crippen LogP contribution in [-0.2, 0) is 19.1 Å². The summed E-state index contributed by atoms with van der Waals surface area (Å²) < 4.78 is 10.3. The molecular weight excluding hydrogens is 414 g/mol. The van der Waals surface area contributed by atoms with Gasteiger partial charge in [0, 0.05) is 5.56 Å². The van der Waals surface area contributed by atoms with Crippen LogP contribution in [0.4, 0.5) is 4.79 Å². The van der Waals surface area contributed by atoms with Gasteiger partial charge >= 0.3 is 18.0 Å². The average molecular weight is 437 g/mol. The van der Waals surface area contributed by atoms with Crippen molar-refractivity contribution in [1.29, 1.82) is 0 Å². The van der Waals surface area contributed by atoms with Gasteiger partial charge < -0.3 is 25.4 Å². The van der Waals surface area contributed by atoms with Gasteiger partial charge in [0.25, 0.3) is 5.91 Å². The van der Waals surface area contributed by atoms with Gasteiger partial charge in [0.05, 0.1) is 23.9 Å². The summed E-state index contributed by atoms with van der Waals surface area (Å²) in [7, 11) is 0. The summed E-state index contributed by atoms with van der Waals surface area (Å²) in [5, 5.41) is 7.67. The first-order valence-corrected chi connectivity index (χ1v) is 10.0. The Labute approximate surface area is 184 Å². The van der Waals surface area contributed by atoms with Crippen molar-refractivity contribution in [3.8, 4) is 0 Å². The molecule has 3 amide bonds. The van der Waals surface area contributed by atoms with Gasteiger partial charge in [-0.25, -0.2) is 9.59 Å². The number of nitrogens with one attached hydrogen (secondary N) is 3. The van der Waals surface area contributed by atoms with Crippen LogP contribution in [0.1, 0.15) is 28.9 Å². The number of carbonyl (C=O) groups excluding carboxylic acids is 4. The summed E-state index contributed by atoms with van der Waals surface area (Å²) in [4.78, 5) is 49.0. The molecule has 0 aromatic heterocycles. The van der Waals surface area contributed by atoms with Crippen molar-refractivity contribution in [2.24, 2.45) is 0 Å². The van der Waals surface area contributed by atoms with E-state index in [0.717, 1.165) is 0 Å². The lowest BCUT2D eigenvalue weighted by atomic mass is 9.95. The number of benzene rings is 2. The van der Waals surface area contributed by atoms with E-state index < -0.39 is 29.9 Å². The van der Waals surface area contributed by atoms with Crippen molar-refractivity contribution >= 4 is 23.9 Å². The first kappa shape index (κ1) is 22.5. The molecule has 0 bridgehead atoms. The molecule has 0 saturated heterocycles. The Morgan fingerprint density at radius 3 is 2.28 bits per heavy atom. The number of hydrogen-bond donors (Lipinski definition) is 3. The van der Waals surface area contributed by atoms with E-state index >= 15 is 0 Å². The molecular formula is C23H23N3O6. The molecule has 1 unspecified atom stereocenters. The smallest absolute Gasteiger partial charge is 0.338 e. The van der Waals surface area contributed by atoms with E-state index in [9.17, 15) is 19.2 Å². The van der Waals surface area contributed by atoms with Crippen molar-refractivity contribution in [2.75, 3.05) is 19.8 Å². The van der Waals surface area contributed by atoms with Crippen LogP contribution >= 0.6 is 0 Å². The molecule has 9 heteroatoms. The Hall–Kier alpha value is -4.14. The predicted molar refractivity (Wildman–Crippen MR) is 114 cm³/mol. The number of amides is 3. The van der Waals surface area contributed by atoms with Crippen molar-refractivity contribution in [2.45, 2.75) is 13.0 Å². The van der Waals surface area contributed by atoms with Crippen LogP contribution < -0.4 is 16.0 Å². The lowest BCUT2D eigenvalue weighted by Crippen LogP contribution is -2.47. The normalized spacial score (nSPS) is 15.3. The highest BCUT2D eigenvalue weighted by molar-refractivity contribution is 5.96. The Morgan fingerprint density at radius 2 is 1.62 bits per heavy atom. The van der Waals surface area contributed by atoms with Gasteiger partial charge in [0.2, 0.25) is 0 Å². The van der Waals surface area contributed by atoms with Crippen molar-refractivity contribution < 1.29 is 28.7 Å². The third-order valence-corrected chi connectivity index (χ3v) is 4.59. The second-order valence-electron chi connectivity index (χ2n) is 6.76. The zero-order valence-electron chi connectivity index (χ0n) is 17.4. The quantitative estimate of drug-likeness (QED) is 0.542. The zero-order valence-corrected chi connectivity index (χ0v) is 17.4.